The van der Waals surface area contributed by atoms with Gasteiger partial charge in [-0.05, 0) is 49.1 Å². The van der Waals surface area contributed by atoms with E-state index in [2.05, 4.69) is 15.2 Å². The second kappa shape index (κ2) is 8.60. The first kappa shape index (κ1) is 17.4. The molecule has 0 unspecified atom stereocenters. The Morgan fingerprint density at radius 2 is 1.80 bits per heavy atom. The lowest BCUT2D eigenvalue weighted by Crippen LogP contribution is -2.28. The third-order valence-corrected chi connectivity index (χ3v) is 4.56. The van der Waals surface area contributed by atoms with Gasteiger partial charge in [0.15, 0.2) is 0 Å². The highest BCUT2D eigenvalue weighted by atomic mass is 19.1. The second-order valence-corrected chi connectivity index (χ2v) is 6.43. The lowest BCUT2D eigenvalue weighted by Gasteiger charge is -2.22. The molecule has 3 rings (SSSR count). The highest BCUT2D eigenvalue weighted by Gasteiger charge is 2.13. The van der Waals surface area contributed by atoms with Crippen molar-refractivity contribution >= 4 is 11.6 Å². The summed E-state index contributed by atoms with van der Waals surface area (Å²) in [6.07, 6.45) is 7.31. The van der Waals surface area contributed by atoms with Crippen molar-refractivity contribution in [2.45, 2.75) is 32.1 Å². The minimum Gasteiger partial charge on any atom is -0.371 e. The van der Waals surface area contributed by atoms with E-state index in [-0.39, 0.29) is 11.7 Å². The Hall–Kier alpha value is -2.43. The minimum absolute atomic E-state index is 0.168. The van der Waals surface area contributed by atoms with E-state index in [1.54, 1.807) is 18.3 Å². The second-order valence-electron chi connectivity index (χ2n) is 6.43. The Bertz CT molecular complexity index is 694. The molecule has 25 heavy (non-hydrogen) atoms. The van der Waals surface area contributed by atoms with Gasteiger partial charge in [0.2, 0.25) is 0 Å². The van der Waals surface area contributed by atoms with Gasteiger partial charge in [-0.3, -0.25) is 9.78 Å². The maximum atomic E-state index is 12.9. The van der Waals surface area contributed by atoms with E-state index in [9.17, 15) is 9.18 Å². The summed E-state index contributed by atoms with van der Waals surface area (Å²) in [5.41, 5.74) is 2.51. The van der Waals surface area contributed by atoms with Crippen LogP contribution in [0, 0.1) is 5.82 Å². The van der Waals surface area contributed by atoms with Crippen LogP contribution in [0.5, 0.6) is 0 Å². The molecule has 0 radical (unpaired) electrons. The van der Waals surface area contributed by atoms with Gasteiger partial charge in [0.05, 0.1) is 0 Å². The summed E-state index contributed by atoms with van der Waals surface area (Å²) in [6, 6.07) is 10.2. The molecule has 0 spiro atoms. The summed E-state index contributed by atoms with van der Waals surface area (Å²) in [7, 11) is 0. The van der Waals surface area contributed by atoms with E-state index in [0.29, 0.717) is 18.7 Å². The SMILES string of the molecule is O=C(NCCc1ccc(F)cc1)c1cc(N2CCCCCC2)ccn1. The molecule has 0 saturated carbocycles. The fraction of sp³-hybridized carbons (Fsp3) is 0.400. The van der Waals surface area contributed by atoms with Crippen LogP contribution >= 0.6 is 0 Å². The zero-order valence-corrected chi connectivity index (χ0v) is 14.4. The van der Waals surface area contributed by atoms with Crippen molar-refractivity contribution in [3.63, 3.8) is 0 Å². The summed E-state index contributed by atoms with van der Waals surface area (Å²) in [5.74, 6) is -0.416. The molecule has 1 aliphatic heterocycles. The van der Waals surface area contributed by atoms with E-state index in [1.807, 2.05) is 12.1 Å². The summed E-state index contributed by atoms with van der Waals surface area (Å²) < 4.78 is 12.9. The van der Waals surface area contributed by atoms with Gasteiger partial charge in [0.25, 0.3) is 5.91 Å². The molecule has 0 bridgehead atoms. The molecular weight excluding hydrogens is 317 g/mol. The maximum Gasteiger partial charge on any atom is 0.269 e. The number of pyridine rings is 1. The van der Waals surface area contributed by atoms with Crippen LogP contribution in [-0.4, -0.2) is 30.5 Å². The van der Waals surface area contributed by atoms with Crippen molar-refractivity contribution in [1.29, 1.82) is 0 Å². The quantitative estimate of drug-likeness (QED) is 0.904. The molecule has 4 nitrogen and oxygen atoms in total. The number of rotatable bonds is 5. The largest absolute Gasteiger partial charge is 0.371 e. The zero-order valence-electron chi connectivity index (χ0n) is 14.4. The van der Waals surface area contributed by atoms with Gasteiger partial charge >= 0.3 is 0 Å². The minimum atomic E-state index is -0.248. The Balaban J connectivity index is 1.56. The molecule has 1 fully saturated rings. The van der Waals surface area contributed by atoms with Crippen LogP contribution in [0.2, 0.25) is 0 Å². The molecule has 2 aromatic rings. The van der Waals surface area contributed by atoms with Crippen molar-refractivity contribution in [2.24, 2.45) is 0 Å². The lowest BCUT2D eigenvalue weighted by molar-refractivity contribution is 0.0949. The summed E-state index contributed by atoms with van der Waals surface area (Å²) >= 11 is 0. The van der Waals surface area contributed by atoms with Crippen molar-refractivity contribution in [3.8, 4) is 0 Å². The maximum absolute atomic E-state index is 12.9. The van der Waals surface area contributed by atoms with Crippen molar-refractivity contribution in [1.82, 2.24) is 10.3 Å². The van der Waals surface area contributed by atoms with Gasteiger partial charge in [0, 0.05) is 31.5 Å². The first-order valence-corrected chi connectivity index (χ1v) is 8.96. The first-order valence-electron chi connectivity index (χ1n) is 8.96. The lowest BCUT2D eigenvalue weighted by atomic mass is 10.1. The van der Waals surface area contributed by atoms with Crippen LogP contribution in [0.3, 0.4) is 0 Å². The molecule has 2 heterocycles. The predicted molar refractivity (Wildman–Crippen MR) is 97.4 cm³/mol. The zero-order chi connectivity index (χ0) is 17.5. The normalized spacial score (nSPS) is 14.8. The number of hydrogen-bond acceptors (Lipinski definition) is 3. The first-order chi connectivity index (χ1) is 12.2. The number of nitrogens with one attached hydrogen (secondary N) is 1. The van der Waals surface area contributed by atoms with Crippen LogP contribution in [0.1, 0.15) is 41.7 Å². The van der Waals surface area contributed by atoms with E-state index in [4.69, 9.17) is 0 Å². The number of aromatic nitrogens is 1. The van der Waals surface area contributed by atoms with Crippen LogP contribution in [0.15, 0.2) is 42.6 Å². The van der Waals surface area contributed by atoms with Crippen molar-refractivity contribution in [2.75, 3.05) is 24.5 Å². The number of carbonyl (C=O) groups excluding carboxylic acids is 1. The average molecular weight is 341 g/mol. The molecule has 1 aromatic carbocycles. The number of anilines is 1. The molecule has 132 valence electrons. The molecule has 1 amide bonds. The van der Waals surface area contributed by atoms with Gasteiger partial charge in [-0.1, -0.05) is 25.0 Å². The van der Waals surface area contributed by atoms with E-state index >= 15 is 0 Å². The molecule has 1 N–H and O–H groups in total. The van der Waals surface area contributed by atoms with E-state index in [1.165, 1.54) is 37.8 Å². The van der Waals surface area contributed by atoms with Crippen LogP contribution in [0.4, 0.5) is 10.1 Å². The fourth-order valence-electron chi connectivity index (χ4n) is 3.13. The smallest absolute Gasteiger partial charge is 0.269 e. The van der Waals surface area contributed by atoms with E-state index < -0.39 is 0 Å². The molecule has 0 atom stereocenters. The number of carbonyl (C=O) groups is 1. The number of hydrogen-bond donors (Lipinski definition) is 1. The molecule has 0 aliphatic carbocycles. The standard InChI is InChI=1S/C20H24FN3O/c21-17-7-5-16(6-8-17)9-11-23-20(25)19-15-18(10-12-22-19)24-13-3-1-2-4-14-24/h5-8,10,12,15H,1-4,9,11,13-14H2,(H,23,25). The average Bonchev–Trinajstić information content (AvgIpc) is 2.93. The highest BCUT2D eigenvalue weighted by Crippen LogP contribution is 2.19. The van der Waals surface area contributed by atoms with Crippen molar-refractivity contribution in [3.05, 3.63) is 59.7 Å². The van der Waals surface area contributed by atoms with E-state index in [0.717, 1.165) is 24.3 Å². The van der Waals surface area contributed by atoms with Gasteiger partial charge in [-0.25, -0.2) is 4.39 Å². The van der Waals surface area contributed by atoms with Gasteiger partial charge in [0.1, 0.15) is 11.5 Å². The molecular formula is C20H24FN3O. The summed E-state index contributed by atoms with van der Waals surface area (Å²) in [5, 5.41) is 2.89. The Labute approximate surface area is 148 Å². The fourth-order valence-corrected chi connectivity index (χ4v) is 3.13. The van der Waals surface area contributed by atoms with Crippen LogP contribution in [0.25, 0.3) is 0 Å². The van der Waals surface area contributed by atoms with Crippen LogP contribution < -0.4 is 10.2 Å². The van der Waals surface area contributed by atoms with Crippen LogP contribution in [-0.2, 0) is 6.42 Å². The monoisotopic (exact) mass is 341 g/mol. The number of amides is 1. The Morgan fingerprint density at radius 1 is 1.08 bits per heavy atom. The predicted octanol–water partition coefficient (Wildman–Crippen LogP) is 3.57. The molecule has 1 aliphatic rings. The third kappa shape index (κ3) is 5.02. The van der Waals surface area contributed by atoms with Gasteiger partial charge < -0.3 is 10.2 Å². The van der Waals surface area contributed by atoms with Gasteiger partial charge in [-0.15, -0.1) is 0 Å². The Kier molecular flexibility index (Phi) is 5.99. The number of halogens is 1. The third-order valence-electron chi connectivity index (χ3n) is 4.56. The highest BCUT2D eigenvalue weighted by molar-refractivity contribution is 5.93. The van der Waals surface area contributed by atoms with Crippen molar-refractivity contribution < 1.29 is 9.18 Å². The molecule has 5 heteroatoms. The summed E-state index contributed by atoms with van der Waals surface area (Å²) in [6.45, 7) is 2.57. The number of benzene rings is 1. The number of nitrogens with zero attached hydrogens (tertiary/aromatic N) is 2. The Morgan fingerprint density at radius 3 is 2.52 bits per heavy atom. The molecule has 1 aromatic heterocycles. The molecule has 1 saturated heterocycles. The topological polar surface area (TPSA) is 45.2 Å². The van der Waals surface area contributed by atoms with Gasteiger partial charge in [-0.2, -0.15) is 0 Å². The summed E-state index contributed by atoms with van der Waals surface area (Å²) in [4.78, 5) is 18.9.